The van der Waals surface area contributed by atoms with Gasteiger partial charge in [0, 0.05) is 0 Å². The highest BCUT2D eigenvalue weighted by Gasteiger charge is 2.39. The maximum Gasteiger partial charge on any atom is 0.0576 e. The van der Waals surface area contributed by atoms with Crippen LogP contribution in [0.15, 0.2) is 0 Å². The summed E-state index contributed by atoms with van der Waals surface area (Å²) in [5.41, 5.74) is 5.48. The van der Waals surface area contributed by atoms with E-state index in [9.17, 15) is 0 Å². The lowest BCUT2D eigenvalue weighted by Gasteiger charge is -2.08. The van der Waals surface area contributed by atoms with E-state index < -0.39 is 0 Å². The van der Waals surface area contributed by atoms with Crippen LogP contribution in [0.3, 0.4) is 0 Å². The van der Waals surface area contributed by atoms with E-state index in [4.69, 9.17) is 10.8 Å². The minimum atomic E-state index is -0.0292. The molecule has 9 heavy (non-hydrogen) atoms. The second kappa shape index (κ2) is 2.67. The van der Waals surface area contributed by atoms with Gasteiger partial charge in [0.15, 0.2) is 0 Å². The molecular formula is C7H15NO. The molecule has 0 radical (unpaired) electrons. The van der Waals surface area contributed by atoms with Crippen molar-refractivity contribution in [3.8, 4) is 0 Å². The first kappa shape index (κ1) is 7.03. The van der Waals surface area contributed by atoms with E-state index in [1.165, 1.54) is 0 Å². The first-order valence-corrected chi connectivity index (χ1v) is 3.67. The first-order chi connectivity index (χ1) is 4.29. The molecule has 3 atom stereocenters. The van der Waals surface area contributed by atoms with Crippen LogP contribution >= 0.6 is 0 Å². The average Bonchev–Trinajstić information content (AvgIpc) is 2.51. The van der Waals surface area contributed by atoms with Crippen molar-refractivity contribution >= 4 is 0 Å². The Bertz CT molecular complexity index is 90.9. The highest BCUT2D eigenvalue weighted by atomic mass is 16.3. The second-order valence-electron chi connectivity index (χ2n) is 2.87. The Morgan fingerprint density at radius 2 is 2.33 bits per heavy atom. The van der Waals surface area contributed by atoms with E-state index in [1.54, 1.807) is 0 Å². The Labute approximate surface area is 56.1 Å². The minimum Gasteiger partial charge on any atom is -0.393 e. The van der Waals surface area contributed by atoms with Gasteiger partial charge in [-0.15, -0.1) is 0 Å². The Morgan fingerprint density at radius 3 is 2.44 bits per heavy atom. The summed E-state index contributed by atoms with van der Waals surface area (Å²) in [5.74, 6) is 1.10. The molecule has 0 aromatic carbocycles. The fourth-order valence-electron chi connectivity index (χ4n) is 1.35. The van der Waals surface area contributed by atoms with Gasteiger partial charge in [-0.05, 0) is 24.8 Å². The van der Waals surface area contributed by atoms with Gasteiger partial charge in [-0.3, -0.25) is 0 Å². The highest BCUT2D eigenvalue weighted by molar-refractivity contribution is 4.90. The Kier molecular flexibility index (Phi) is 2.09. The third kappa shape index (κ3) is 1.43. The largest absolute Gasteiger partial charge is 0.393 e. The van der Waals surface area contributed by atoms with Gasteiger partial charge in [0.1, 0.15) is 0 Å². The molecule has 0 aliphatic heterocycles. The number of rotatable bonds is 3. The standard InChI is InChI=1S/C7H15NO/c1-2-5(4-8)6-3-7(6)9/h5-7,9H,2-4,8H2,1H3. The second-order valence-corrected chi connectivity index (χ2v) is 2.87. The molecule has 2 nitrogen and oxygen atoms in total. The van der Waals surface area contributed by atoms with Crippen molar-refractivity contribution in [2.24, 2.45) is 17.6 Å². The third-order valence-electron chi connectivity index (χ3n) is 2.24. The molecule has 3 N–H and O–H groups in total. The number of nitrogens with two attached hydrogens (primary N) is 1. The maximum atomic E-state index is 9.00. The monoisotopic (exact) mass is 129 g/mol. The molecule has 1 rings (SSSR count). The molecule has 2 heteroatoms. The molecule has 0 spiro atoms. The zero-order valence-corrected chi connectivity index (χ0v) is 5.88. The van der Waals surface area contributed by atoms with Crippen LogP contribution in [-0.2, 0) is 0 Å². The van der Waals surface area contributed by atoms with Crippen LogP contribution in [0.25, 0.3) is 0 Å². The van der Waals surface area contributed by atoms with Crippen molar-refractivity contribution < 1.29 is 5.11 Å². The zero-order chi connectivity index (χ0) is 6.85. The van der Waals surface area contributed by atoms with Gasteiger partial charge >= 0.3 is 0 Å². The fourth-order valence-corrected chi connectivity index (χ4v) is 1.35. The van der Waals surface area contributed by atoms with Crippen molar-refractivity contribution in [1.29, 1.82) is 0 Å². The minimum absolute atomic E-state index is 0.0292. The SMILES string of the molecule is CCC(CN)C1CC1O. The summed E-state index contributed by atoms with van der Waals surface area (Å²) in [7, 11) is 0. The quantitative estimate of drug-likeness (QED) is 0.577. The van der Waals surface area contributed by atoms with Crippen molar-refractivity contribution in [1.82, 2.24) is 0 Å². The fraction of sp³-hybridized carbons (Fsp3) is 1.00. The molecule has 1 fully saturated rings. The van der Waals surface area contributed by atoms with Crippen LogP contribution in [0, 0.1) is 11.8 Å². The van der Waals surface area contributed by atoms with E-state index in [1.807, 2.05) is 0 Å². The average molecular weight is 129 g/mol. The van der Waals surface area contributed by atoms with Crippen molar-refractivity contribution in [2.45, 2.75) is 25.9 Å². The van der Waals surface area contributed by atoms with Gasteiger partial charge in [0.25, 0.3) is 0 Å². The summed E-state index contributed by atoms with van der Waals surface area (Å²) in [4.78, 5) is 0. The Hall–Kier alpha value is -0.0800. The van der Waals surface area contributed by atoms with E-state index in [0.717, 1.165) is 19.4 Å². The highest BCUT2D eigenvalue weighted by Crippen LogP contribution is 2.38. The van der Waals surface area contributed by atoms with Gasteiger partial charge in [0.05, 0.1) is 6.10 Å². The third-order valence-corrected chi connectivity index (χ3v) is 2.24. The van der Waals surface area contributed by atoms with Crippen LogP contribution in [0.4, 0.5) is 0 Å². The topological polar surface area (TPSA) is 46.2 Å². The molecule has 0 aromatic heterocycles. The number of hydrogen-bond donors (Lipinski definition) is 2. The lowest BCUT2D eigenvalue weighted by atomic mass is 10.0. The number of aliphatic hydroxyl groups excluding tert-OH is 1. The summed E-state index contributed by atoms with van der Waals surface area (Å²) in [6.07, 6.45) is 2.06. The van der Waals surface area contributed by atoms with E-state index >= 15 is 0 Å². The molecule has 0 amide bonds. The zero-order valence-electron chi connectivity index (χ0n) is 5.88. The molecular weight excluding hydrogens is 114 g/mol. The molecule has 54 valence electrons. The number of hydrogen-bond acceptors (Lipinski definition) is 2. The van der Waals surface area contributed by atoms with E-state index in [-0.39, 0.29) is 6.10 Å². The molecule has 0 heterocycles. The van der Waals surface area contributed by atoms with Crippen molar-refractivity contribution in [3.05, 3.63) is 0 Å². The molecule has 1 aliphatic carbocycles. The summed E-state index contributed by atoms with van der Waals surface area (Å²) in [6.45, 7) is 2.86. The van der Waals surface area contributed by atoms with Crippen LogP contribution < -0.4 is 5.73 Å². The van der Waals surface area contributed by atoms with Crippen LogP contribution in [0.5, 0.6) is 0 Å². The first-order valence-electron chi connectivity index (χ1n) is 3.67. The Morgan fingerprint density at radius 1 is 1.78 bits per heavy atom. The summed E-state index contributed by atoms with van der Waals surface area (Å²) in [6, 6.07) is 0. The maximum absolute atomic E-state index is 9.00. The molecule has 0 saturated heterocycles. The molecule has 1 aliphatic rings. The van der Waals surface area contributed by atoms with E-state index in [0.29, 0.717) is 11.8 Å². The molecule has 1 saturated carbocycles. The van der Waals surface area contributed by atoms with Gasteiger partial charge in [0.2, 0.25) is 0 Å². The van der Waals surface area contributed by atoms with Crippen molar-refractivity contribution in [3.63, 3.8) is 0 Å². The predicted molar refractivity (Wildman–Crippen MR) is 36.9 cm³/mol. The summed E-state index contributed by atoms with van der Waals surface area (Å²) < 4.78 is 0. The van der Waals surface area contributed by atoms with Crippen LogP contribution in [-0.4, -0.2) is 17.8 Å². The lowest BCUT2D eigenvalue weighted by molar-refractivity contribution is 0.237. The lowest BCUT2D eigenvalue weighted by Crippen LogP contribution is -2.16. The van der Waals surface area contributed by atoms with Gasteiger partial charge < -0.3 is 10.8 Å². The Balaban J connectivity index is 2.23. The molecule has 3 unspecified atom stereocenters. The number of aliphatic hydroxyl groups is 1. The van der Waals surface area contributed by atoms with Crippen molar-refractivity contribution in [2.75, 3.05) is 6.54 Å². The smallest absolute Gasteiger partial charge is 0.0576 e. The van der Waals surface area contributed by atoms with Gasteiger partial charge in [-0.2, -0.15) is 0 Å². The van der Waals surface area contributed by atoms with Crippen LogP contribution in [0.1, 0.15) is 19.8 Å². The van der Waals surface area contributed by atoms with Gasteiger partial charge in [-0.25, -0.2) is 0 Å². The molecule has 0 bridgehead atoms. The molecule has 0 aromatic rings. The van der Waals surface area contributed by atoms with Gasteiger partial charge in [-0.1, -0.05) is 13.3 Å². The van der Waals surface area contributed by atoms with E-state index in [2.05, 4.69) is 6.92 Å². The van der Waals surface area contributed by atoms with Crippen LogP contribution in [0.2, 0.25) is 0 Å². The summed E-state index contributed by atoms with van der Waals surface area (Å²) in [5, 5.41) is 9.00. The predicted octanol–water partition coefficient (Wildman–Crippen LogP) is 0.352. The normalized spacial score (nSPS) is 36.3. The summed E-state index contributed by atoms with van der Waals surface area (Å²) >= 11 is 0.